The molecule has 0 spiro atoms. The Labute approximate surface area is 115 Å². The molecule has 1 heterocycles. The van der Waals surface area contributed by atoms with Gasteiger partial charge in [0.25, 0.3) is 0 Å². The highest BCUT2D eigenvalue weighted by molar-refractivity contribution is 5.58. The third kappa shape index (κ3) is 2.81. The molecule has 0 saturated carbocycles. The monoisotopic (exact) mass is 279 g/mol. The number of rotatable bonds is 4. The minimum Gasteiger partial charge on any atom is -0.368 e. The quantitative estimate of drug-likeness (QED) is 0.929. The summed E-state index contributed by atoms with van der Waals surface area (Å²) in [5, 5.41) is 0. The summed E-state index contributed by atoms with van der Waals surface area (Å²) in [5.41, 5.74) is 5.59. The zero-order chi connectivity index (χ0) is 14.7. The molecule has 2 rings (SSSR count). The average Bonchev–Trinajstić information content (AvgIpc) is 2.42. The summed E-state index contributed by atoms with van der Waals surface area (Å²) in [6, 6.07) is 3.10. The first-order valence-electron chi connectivity index (χ1n) is 6.27. The zero-order valence-corrected chi connectivity index (χ0v) is 11.3. The van der Waals surface area contributed by atoms with Gasteiger partial charge in [0.1, 0.15) is 11.6 Å². The molecule has 0 amide bonds. The molecule has 1 aromatic carbocycles. The first kappa shape index (κ1) is 14.1. The lowest BCUT2D eigenvalue weighted by Gasteiger charge is -2.18. The summed E-state index contributed by atoms with van der Waals surface area (Å²) in [6.07, 6.45) is 0. The van der Waals surface area contributed by atoms with Crippen molar-refractivity contribution in [1.29, 1.82) is 0 Å². The molecule has 0 aliphatic rings. The SMILES string of the molecule is CCN(CC)c1nc(N)nc(-c2cc(F)ccc2F)n1. The number of benzene rings is 1. The standard InChI is InChI=1S/C13H15F2N5/c1-3-20(4-2)13-18-11(17-12(16)19-13)9-7-8(14)5-6-10(9)15/h5-7H,3-4H2,1-2H3,(H2,16,17,18,19). The molecule has 5 nitrogen and oxygen atoms in total. The van der Waals surface area contributed by atoms with E-state index < -0.39 is 11.6 Å². The van der Waals surface area contributed by atoms with Gasteiger partial charge in [0.05, 0.1) is 5.56 Å². The first-order chi connectivity index (χ1) is 9.55. The van der Waals surface area contributed by atoms with Crippen LogP contribution in [-0.2, 0) is 0 Å². The number of nitrogens with two attached hydrogens (primary N) is 1. The first-order valence-corrected chi connectivity index (χ1v) is 6.27. The van der Waals surface area contributed by atoms with Crippen LogP contribution in [0.15, 0.2) is 18.2 Å². The number of hydrogen-bond acceptors (Lipinski definition) is 5. The molecule has 0 bridgehead atoms. The van der Waals surface area contributed by atoms with Gasteiger partial charge in [0.15, 0.2) is 5.82 Å². The second-order valence-corrected chi connectivity index (χ2v) is 4.11. The van der Waals surface area contributed by atoms with E-state index in [9.17, 15) is 8.78 Å². The van der Waals surface area contributed by atoms with Crippen molar-refractivity contribution in [3.05, 3.63) is 29.8 Å². The highest BCUT2D eigenvalue weighted by atomic mass is 19.1. The number of halogens is 2. The molecule has 2 N–H and O–H groups in total. The zero-order valence-electron chi connectivity index (χ0n) is 11.3. The molecule has 106 valence electrons. The molecule has 0 aliphatic heterocycles. The van der Waals surface area contributed by atoms with E-state index in [1.54, 1.807) is 0 Å². The molecular formula is C13H15F2N5. The van der Waals surface area contributed by atoms with E-state index in [0.29, 0.717) is 19.0 Å². The Balaban J connectivity index is 2.54. The van der Waals surface area contributed by atoms with Gasteiger partial charge in [-0.15, -0.1) is 0 Å². The number of anilines is 2. The van der Waals surface area contributed by atoms with Gasteiger partial charge in [0.2, 0.25) is 11.9 Å². The molecule has 0 saturated heterocycles. The molecule has 0 radical (unpaired) electrons. The predicted molar refractivity (Wildman–Crippen MR) is 73.2 cm³/mol. The number of aromatic nitrogens is 3. The van der Waals surface area contributed by atoms with Gasteiger partial charge in [-0.3, -0.25) is 0 Å². The van der Waals surface area contributed by atoms with Gasteiger partial charge in [-0.25, -0.2) is 8.78 Å². The van der Waals surface area contributed by atoms with Gasteiger partial charge in [-0.2, -0.15) is 15.0 Å². The second-order valence-electron chi connectivity index (χ2n) is 4.11. The Kier molecular flexibility index (Phi) is 4.07. The van der Waals surface area contributed by atoms with Crippen molar-refractivity contribution in [2.75, 3.05) is 23.7 Å². The van der Waals surface area contributed by atoms with Gasteiger partial charge in [-0.05, 0) is 32.0 Å². The van der Waals surface area contributed by atoms with E-state index in [4.69, 9.17) is 5.73 Å². The normalized spacial score (nSPS) is 10.6. The van der Waals surface area contributed by atoms with Gasteiger partial charge in [0, 0.05) is 13.1 Å². The lowest BCUT2D eigenvalue weighted by atomic mass is 10.2. The Morgan fingerprint density at radius 1 is 1.10 bits per heavy atom. The lowest BCUT2D eigenvalue weighted by molar-refractivity contribution is 0.602. The van der Waals surface area contributed by atoms with Gasteiger partial charge >= 0.3 is 0 Å². The number of nitrogens with zero attached hydrogens (tertiary/aromatic N) is 4. The minimum atomic E-state index is -0.609. The molecule has 20 heavy (non-hydrogen) atoms. The summed E-state index contributed by atoms with van der Waals surface area (Å²) < 4.78 is 27.0. The Morgan fingerprint density at radius 3 is 2.45 bits per heavy atom. The van der Waals surface area contributed by atoms with E-state index in [1.165, 1.54) is 0 Å². The highest BCUT2D eigenvalue weighted by Crippen LogP contribution is 2.22. The van der Waals surface area contributed by atoms with Crippen LogP contribution >= 0.6 is 0 Å². The highest BCUT2D eigenvalue weighted by Gasteiger charge is 2.14. The molecule has 1 aromatic heterocycles. The van der Waals surface area contributed by atoms with Crippen LogP contribution in [0.3, 0.4) is 0 Å². The Bertz CT molecular complexity index is 614. The number of hydrogen-bond donors (Lipinski definition) is 1. The predicted octanol–water partition coefficient (Wildman–Crippen LogP) is 2.25. The van der Waals surface area contributed by atoms with Crippen molar-refractivity contribution in [1.82, 2.24) is 15.0 Å². The molecule has 7 heteroatoms. The summed E-state index contributed by atoms with van der Waals surface area (Å²) in [6.45, 7) is 5.22. The van der Waals surface area contributed by atoms with Crippen LogP contribution in [0.2, 0.25) is 0 Å². The van der Waals surface area contributed by atoms with Crippen LogP contribution in [0, 0.1) is 11.6 Å². The summed E-state index contributed by atoms with van der Waals surface area (Å²) in [5.74, 6) is -0.828. The van der Waals surface area contributed by atoms with Crippen molar-refractivity contribution in [3.8, 4) is 11.4 Å². The van der Waals surface area contributed by atoms with Crippen molar-refractivity contribution < 1.29 is 8.78 Å². The maximum Gasteiger partial charge on any atom is 0.230 e. The van der Waals surface area contributed by atoms with Crippen molar-refractivity contribution in [2.24, 2.45) is 0 Å². The number of nitrogen functional groups attached to an aromatic ring is 1. The van der Waals surface area contributed by atoms with Crippen molar-refractivity contribution >= 4 is 11.9 Å². The molecule has 0 unspecified atom stereocenters. The minimum absolute atomic E-state index is 0.0244. The topological polar surface area (TPSA) is 67.9 Å². The van der Waals surface area contributed by atoms with Crippen molar-refractivity contribution in [2.45, 2.75) is 13.8 Å². The average molecular weight is 279 g/mol. The molecule has 0 aliphatic carbocycles. The van der Waals surface area contributed by atoms with Gasteiger partial charge in [-0.1, -0.05) is 0 Å². The van der Waals surface area contributed by atoms with Crippen LogP contribution in [-0.4, -0.2) is 28.0 Å². The third-order valence-electron chi connectivity index (χ3n) is 2.86. The molecule has 2 aromatic rings. The van der Waals surface area contributed by atoms with Crippen LogP contribution < -0.4 is 10.6 Å². The smallest absolute Gasteiger partial charge is 0.230 e. The molecule has 0 atom stereocenters. The van der Waals surface area contributed by atoms with E-state index >= 15 is 0 Å². The third-order valence-corrected chi connectivity index (χ3v) is 2.86. The largest absolute Gasteiger partial charge is 0.368 e. The van der Waals surface area contributed by atoms with Gasteiger partial charge < -0.3 is 10.6 Å². The van der Waals surface area contributed by atoms with E-state index in [-0.39, 0.29) is 17.3 Å². The summed E-state index contributed by atoms with van der Waals surface area (Å²) in [7, 11) is 0. The molecular weight excluding hydrogens is 264 g/mol. The van der Waals surface area contributed by atoms with Crippen molar-refractivity contribution in [3.63, 3.8) is 0 Å². The fourth-order valence-electron chi connectivity index (χ4n) is 1.82. The summed E-state index contributed by atoms with van der Waals surface area (Å²) >= 11 is 0. The fourth-order valence-corrected chi connectivity index (χ4v) is 1.82. The summed E-state index contributed by atoms with van der Waals surface area (Å²) in [4.78, 5) is 13.9. The fraction of sp³-hybridized carbons (Fsp3) is 0.308. The maximum atomic E-state index is 13.8. The maximum absolute atomic E-state index is 13.8. The van der Waals surface area contributed by atoms with E-state index in [1.807, 2.05) is 18.7 Å². The molecule has 0 fully saturated rings. The second kappa shape index (κ2) is 5.77. The van der Waals surface area contributed by atoms with E-state index in [2.05, 4.69) is 15.0 Å². The lowest BCUT2D eigenvalue weighted by Crippen LogP contribution is -2.25. The Hall–Kier alpha value is -2.31. The van der Waals surface area contributed by atoms with Crippen LogP contribution in [0.4, 0.5) is 20.7 Å². The Morgan fingerprint density at radius 2 is 1.80 bits per heavy atom. The van der Waals surface area contributed by atoms with Crippen LogP contribution in [0.5, 0.6) is 0 Å². The van der Waals surface area contributed by atoms with E-state index in [0.717, 1.165) is 18.2 Å². The van der Waals surface area contributed by atoms with Crippen LogP contribution in [0.1, 0.15) is 13.8 Å². The van der Waals surface area contributed by atoms with Crippen LogP contribution in [0.25, 0.3) is 11.4 Å².